The van der Waals surface area contributed by atoms with Crippen molar-refractivity contribution in [2.75, 3.05) is 13.6 Å². The number of nitrogens with zero attached hydrogens (tertiary/aromatic N) is 2. The predicted molar refractivity (Wildman–Crippen MR) is 80.4 cm³/mol. The number of sulfonamides is 1. The van der Waals surface area contributed by atoms with Crippen LogP contribution in [0.2, 0.25) is 0 Å². The third-order valence-corrected chi connectivity index (χ3v) is 3.85. The highest BCUT2D eigenvalue weighted by Crippen LogP contribution is 2.21. The molecule has 0 radical (unpaired) electrons. The molecule has 0 saturated carbocycles. The molecule has 0 bridgehead atoms. The Morgan fingerprint density at radius 1 is 1.38 bits per heavy atom. The number of amides is 1. The molecule has 0 saturated heterocycles. The van der Waals surface area contributed by atoms with Crippen molar-refractivity contribution in [3.63, 3.8) is 0 Å². The average molecular weight is 316 g/mol. The van der Waals surface area contributed by atoms with Gasteiger partial charge in [-0.05, 0) is 11.8 Å². The molecule has 0 aliphatic carbocycles. The van der Waals surface area contributed by atoms with E-state index in [9.17, 15) is 13.2 Å². The molecule has 1 amide bonds. The summed E-state index contributed by atoms with van der Waals surface area (Å²) >= 11 is 0. The molecular weight excluding hydrogens is 292 g/mol. The number of aromatic amines is 1. The molecular formula is C13H24N4O3S. The first-order valence-corrected chi connectivity index (χ1v) is 8.37. The van der Waals surface area contributed by atoms with Crippen molar-refractivity contribution in [3.8, 4) is 0 Å². The van der Waals surface area contributed by atoms with E-state index in [-0.39, 0.29) is 16.0 Å². The number of carbonyl (C=O) groups is 1. The number of hydrogen-bond acceptors (Lipinski definition) is 4. The van der Waals surface area contributed by atoms with Crippen LogP contribution in [0.15, 0.2) is 4.90 Å². The van der Waals surface area contributed by atoms with Gasteiger partial charge in [0.05, 0.1) is 5.69 Å². The highest BCUT2D eigenvalue weighted by atomic mass is 32.2. The Labute approximate surface area is 126 Å². The fraction of sp³-hybridized carbons (Fsp3) is 0.692. The summed E-state index contributed by atoms with van der Waals surface area (Å²) in [5.74, 6) is -0.451. The number of aryl methyl sites for hydroxylation is 1. The van der Waals surface area contributed by atoms with Crippen LogP contribution in [0.4, 0.5) is 0 Å². The first-order chi connectivity index (χ1) is 9.47. The van der Waals surface area contributed by atoms with Crippen LogP contribution in [0.1, 0.15) is 50.3 Å². The third kappa shape index (κ3) is 4.53. The van der Waals surface area contributed by atoms with E-state index >= 15 is 0 Å². The quantitative estimate of drug-likeness (QED) is 0.848. The highest BCUT2D eigenvalue weighted by molar-refractivity contribution is 7.89. The Morgan fingerprint density at radius 3 is 2.38 bits per heavy atom. The summed E-state index contributed by atoms with van der Waals surface area (Å²) in [6.07, 6.45) is 1.19. The molecule has 21 heavy (non-hydrogen) atoms. The number of primary sulfonamides is 1. The van der Waals surface area contributed by atoms with Gasteiger partial charge in [0.1, 0.15) is 4.90 Å². The van der Waals surface area contributed by atoms with E-state index in [1.807, 2.05) is 27.7 Å². The largest absolute Gasteiger partial charge is 0.340 e. The van der Waals surface area contributed by atoms with Gasteiger partial charge in [0.25, 0.3) is 5.91 Å². The Hall–Kier alpha value is -1.41. The minimum absolute atomic E-state index is 0.102. The summed E-state index contributed by atoms with van der Waals surface area (Å²) in [7, 11) is -2.39. The van der Waals surface area contributed by atoms with Gasteiger partial charge in [-0.1, -0.05) is 34.1 Å². The molecule has 120 valence electrons. The van der Waals surface area contributed by atoms with Gasteiger partial charge in [-0.3, -0.25) is 9.89 Å². The van der Waals surface area contributed by atoms with Gasteiger partial charge in [0, 0.05) is 13.6 Å². The smallest absolute Gasteiger partial charge is 0.275 e. The zero-order chi connectivity index (χ0) is 16.4. The summed E-state index contributed by atoms with van der Waals surface area (Å²) < 4.78 is 23.5. The Kier molecular flexibility index (Phi) is 5.16. The Bertz CT molecular complexity index is 614. The SMILES string of the molecule is CCCc1[nH]nc(C(=O)N(C)CC(C)(C)C)c1S(N)(=O)=O. The number of H-pyrrole nitrogens is 1. The van der Waals surface area contributed by atoms with Gasteiger partial charge in [0.15, 0.2) is 5.69 Å². The molecule has 0 spiro atoms. The van der Waals surface area contributed by atoms with Gasteiger partial charge in [-0.15, -0.1) is 0 Å². The maximum atomic E-state index is 12.4. The molecule has 0 atom stereocenters. The van der Waals surface area contributed by atoms with Crippen LogP contribution < -0.4 is 5.14 Å². The van der Waals surface area contributed by atoms with E-state index in [2.05, 4.69) is 10.2 Å². The van der Waals surface area contributed by atoms with Crippen LogP contribution >= 0.6 is 0 Å². The molecule has 0 aromatic carbocycles. The summed E-state index contributed by atoms with van der Waals surface area (Å²) in [6.45, 7) is 8.35. The number of hydrogen-bond donors (Lipinski definition) is 2. The topological polar surface area (TPSA) is 109 Å². The average Bonchev–Trinajstić information content (AvgIpc) is 2.69. The lowest BCUT2D eigenvalue weighted by Crippen LogP contribution is -2.35. The van der Waals surface area contributed by atoms with E-state index in [0.717, 1.165) is 6.42 Å². The fourth-order valence-electron chi connectivity index (χ4n) is 2.20. The van der Waals surface area contributed by atoms with Crippen molar-refractivity contribution < 1.29 is 13.2 Å². The number of aromatic nitrogens is 2. The lowest BCUT2D eigenvalue weighted by Gasteiger charge is -2.26. The monoisotopic (exact) mass is 316 g/mol. The van der Waals surface area contributed by atoms with E-state index in [1.54, 1.807) is 7.05 Å². The third-order valence-electron chi connectivity index (χ3n) is 2.84. The number of carbonyl (C=O) groups excluding carboxylic acids is 1. The van der Waals surface area contributed by atoms with Crippen molar-refractivity contribution in [1.29, 1.82) is 0 Å². The number of nitrogens with two attached hydrogens (primary N) is 1. The number of nitrogens with one attached hydrogen (secondary N) is 1. The Morgan fingerprint density at radius 2 is 1.95 bits per heavy atom. The molecule has 3 N–H and O–H groups in total. The maximum absolute atomic E-state index is 12.4. The van der Waals surface area contributed by atoms with Gasteiger partial charge in [-0.2, -0.15) is 5.10 Å². The first-order valence-electron chi connectivity index (χ1n) is 6.83. The standard InChI is InChI=1S/C13H24N4O3S/c1-6-7-9-11(21(14,19)20)10(16-15-9)12(18)17(5)8-13(2,3)4/h6-8H2,1-5H3,(H,15,16)(H2,14,19,20). The zero-order valence-corrected chi connectivity index (χ0v) is 14.0. The fourth-order valence-corrected chi connectivity index (χ4v) is 3.10. The zero-order valence-electron chi connectivity index (χ0n) is 13.2. The summed E-state index contributed by atoms with van der Waals surface area (Å²) in [5, 5.41) is 11.7. The lowest BCUT2D eigenvalue weighted by molar-refractivity contribution is 0.0736. The van der Waals surface area contributed by atoms with Crippen LogP contribution in [-0.4, -0.2) is 43.0 Å². The van der Waals surface area contributed by atoms with E-state index in [0.29, 0.717) is 18.7 Å². The van der Waals surface area contributed by atoms with E-state index < -0.39 is 15.9 Å². The van der Waals surface area contributed by atoms with Crippen molar-refractivity contribution >= 4 is 15.9 Å². The maximum Gasteiger partial charge on any atom is 0.275 e. The van der Waals surface area contributed by atoms with Crippen LogP contribution in [-0.2, 0) is 16.4 Å². The molecule has 7 nitrogen and oxygen atoms in total. The first kappa shape index (κ1) is 17.6. The minimum atomic E-state index is -4.01. The van der Waals surface area contributed by atoms with Gasteiger partial charge < -0.3 is 4.90 Å². The molecule has 1 aromatic heterocycles. The molecule has 0 aliphatic rings. The van der Waals surface area contributed by atoms with Crippen molar-refractivity contribution in [2.24, 2.45) is 10.6 Å². The van der Waals surface area contributed by atoms with Crippen LogP contribution in [0, 0.1) is 5.41 Å². The second-order valence-electron chi connectivity index (χ2n) is 6.40. The molecule has 0 unspecified atom stereocenters. The highest BCUT2D eigenvalue weighted by Gasteiger charge is 2.30. The number of rotatable bonds is 5. The normalized spacial score (nSPS) is 12.5. The molecule has 8 heteroatoms. The summed E-state index contributed by atoms with van der Waals surface area (Å²) in [5.41, 5.74) is 0.148. The minimum Gasteiger partial charge on any atom is -0.340 e. The molecule has 1 heterocycles. The van der Waals surface area contributed by atoms with Crippen molar-refractivity contribution in [2.45, 2.75) is 45.4 Å². The Balaban J connectivity index is 3.22. The van der Waals surface area contributed by atoms with Crippen LogP contribution in [0.25, 0.3) is 0 Å². The summed E-state index contributed by atoms with van der Waals surface area (Å²) in [6, 6.07) is 0. The van der Waals surface area contributed by atoms with Crippen LogP contribution in [0.5, 0.6) is 0 Å². The van der Waals surface area contributed by atoms with E-state index in [1.165, 1.54) is 4.90 Å². The van der Waals surface area contributed by atoms with Crippen molar-refractivity contribution in [1.82, 2.24) is 15.1 Å². The van der Waals surface area contributed by atoms with E-state index in [4.69, 9.17) is 5.14 Å². The molecule has 0 fully saturated rings. The molecule has 1 aromatic rings. The summed E-state index contributed by atoms with van der Waals surface area (Å²) in [4.78, 5) is 13.7. The molecule has 0 aliphatic heterocycles. The van der Waals surface area contributed by atoms with Crippen LogP contribution in [0.3, 0.4) is 0 Å². The predicted octanol–water partition coefficient (Wildman–Crippen LogP) is 1.13. The van der Waals surface area contributed by atoms with Gasteiger partial charge >= 0.3 is 0 Å². The van der Waals surface area contributed by atoms with Gasteiger partial charge in [-0.25, -0.2) is 13.6 Å². The van der Waals surface area contributed by atoms with Gasteiger partial charge in [0.2, 0.25) is 10.0 Å². The molecule has 1 rings (SSSR count). The van der Waals surface area contributed by atoms with Crippen molar-refractivity contribution in [3.05, 3.63) is 11.4 Å². The lowest BCUT2D eigenvalue weighted by atomic mass is 9.96. The second kappa shape index (κ2) is 6.15. The second-order valence-corrected chi connectivity index (χ2v) is 7.90.